The molecule has 0 aliphatic rings. The molecule has 0 rings (SSSR count). The number of hydrogen-bond acceptors (Lipinski definition) is 3. The molecule has 4 nitrogen and oxygen atoms in total. The summed E-state index contributed by atoms with van der Waals surface area (Å²) in [6.45, 7) is 1.69. The standard InChI is InChI=1S/C10H20F2N2O2.ClH/c1-3-4-8(13)10(15)14(5-6-16-2)7-9(11)12;/h8-9H,3-7,13H2,1-2H3;1H. The van der Waals surface area contributed by atoms with E-state index in [9.17, 15) is 13.6 Å². The van der Waals surface area contributed by atoms with Crippen LogP contribution in [-0.2, 0) is 9.53 Å². The highest BCUT2D eigenvalue weighted by atomic mass is 35.5. The lowest BCUT2D eigenvalue weighted by atomic mass is 10.1. The van der Waals surface area contributed by atoms with Gasteiger partial charge in [0.25, 0.3) is 6.43 Å². The van der Waals surface area contributed by atoms with E-state index >= 15 is 0 Å². The van der Waals surface area contributed by atoms with Crippen molar-refractivity contribution in [3.8, 4) is 0 Å². The molecule has 1 unspecified atom stereocenters. The largest absolute Gasteiger partial charge is 0.383 e. The summed E-state index contributed by atoms with van der Waals surface area (Å²) in [5.41, 5.74) is 5.60. The Morgan fingerprint density at radius 3 is 2.47 bits per heavy atom. The van der Waals surface area contributed by atoms with Gasteiger partial charge in [0.15, 0.2) is 0 Å². The van der Waals surface area contributed by atoms with Gasteiger partial charge in [-0.1, -0.05) is 13.3 Å². The number of halogens is 3. The lowest BCUT2D eigenvalue weighted by molar-refractivity contribution is -0.135. The Bertz CT molecular complexity index is 209. The van der Waals surface area contributed by atoms with E-state index in [4.69, 9.17) is 10.5 Å². The molecular weight excluding hydrogens is 254 g/mol. The van der Waals surface area contributed by atoms with Gasteiger partial charge in [-0.05, 0) is 6.42 Å². The second-order valence-corrected chi connectivity index (χ2v) is 3.56. The maximum atomic E-state index is 12.2. The van der Waals surface area contributed by atoms with Gasteiger partial charge in [-0.15, -0.1) is 12.4 Å². The summed E-state index contributed by atoms with van der Waals surface area (Å²) in [6.07, 6.45) is -1.29. The number of carbonyl (C=O) groups is 1. The van der Waals surface area contributed by atoms with Crippen LogP contribution in [0.2, 0.25) is 0 Å². The first-order chi connectivity index (χ1) is 7.52. The molecule has 7 heteroatoms. The van der Waals surface area contributed by atoms with Crippen molar-refractivity contribution < 1.29 is 18.3 Å². The summed E-state index contributed by atoms with van der Waals surface area (Å²) < 4.78 is 29.3. The van der Waals surface area contributed by atoms with Crippen LogP contribution in [0, 0.1) is 0 Å². The molecule has 0 radical (unpaired) electrons. The highest BCUT2D eigenvalue weighted by molar-refractivity contribution is 5.85. The average Bonchev–Trinajstić information content (AvgIpc) is 2.23. The Kier molecular flexibility index (Phi) is 11.9. The normalized spacial score (nSPS) is 12.1. The van der Waals surface area contributed by atoms with E-state index in [1.165, 1.54) is 7.11 Å². The third-order valence-electron chi connectivity index (χ3n) is 2.15. The van der Waals surface area contributed by atoms with Gasteiger partial charge < -0.3 is 15.4 Å². The fourth-order valence-electron chi connectivity index (χ4n) is 1.33. The van der Waals surface area contributed by atoms with Crippen molar-refractivity contribution in [1.29, 1.82) is 0 Å². The molecule has 2 N–H and O–H groups in total. The quantitative estimate of drug-likeness (QED) is 0.725. The van der Waals surface area contributed by atoms with Crippen molar-refractivity contribution >= 4 is 18.3 Å². The fraction of sp³-hybridized carbons (Fsp3) is 0.900. The van der Waals surface area contributed by atoms with Crippen molar-refractivity contribution in [2.24, 2.45) is 5.73 Å². The van der Waals surface area contributed by atoms with Crippen molar-refractivity contribution in [3.05, 3.63) is 0 Å². The van der Waals surface area contributed by atoms with E-state index in [0.717, 1.165) is 11.3 Å². The highest BCUT2D eigenvalue weighted by Gasteiger charge is 2.22. The monoisotopic (exact) mass is 274 g/mol. The van der Waals surface area contributed by atoms with Crippen molar-refractivity contribution in [1.82, 2.24) is 4.90 Å². The van der Waals surface area contributed by atoms with Crippen LogP contribution in [-0.4, -0.2) is 50.1 Å². The minimum Gasteiger partial charge on any atom is -0.383 e. The van der Waals surface area contributed by atoms with E-state index < -0.39 is 24.9 Å². The Morgan fingerprint density at radius 1 is 1.47 bits per heavy atom. The Balaban J connectivity index is 0. The lowest BCUT2D eigenvalue weighted by Crippen LogP contribution is -2.46. The molecule has 104 valence electrons. The van der Waals surface area contributed by atoms with Gasteiger partial charge in [-0.25, -0.2) is 8.78 Å². The van der Waals surface area contributed by atoms with Gasteiger partial charge in [0.2, 0.25) is 5.91 Å². The molecule has 0 saturated carbocycles. The average molecular weight is 275 g/mol. The van der Waals surface area contributed by atoms with Crippen LogP contribution in [0.25, 0.3) is 0 Å². The molecule has 0 aliphatic carbocycles. The van der Waals surface area contributed by atoms with Gasteiger partial charge in [-0.2, -0.15) is 0 Å². The molecular formula is C10H21ClF2N2O2. The zero-order chi connectivity index (χ0) is 12.6. The van der Waals surface area contributed by atoms with Crippen LogP contribution < -0.4 is 5.73 Å². The van der Waals surface area contributed by atoms with E-state index in [2.05, 4.69) is 0 Å². The summed E-state index contributed by atoms with van der Waals surface area (Å²) in [5.74, 6) is -0.431. The number of hydrogen-bond donors (Lipinski definition) is 1. The molecule has 0 bridgehead atoms. The summed E-state index contributed by atoms with van der Waals surface area (Å²) in [6, 6.07) is -0.694. The topological polar surface area (TPSA) is 55.6 Å². The SMILES string of the molecule is CCCC(N)C(=O)N(CCOC)CC(F)F.Cl. The van der Waals surface area contributed by atoms with E-state index in [0.29, 0.717) is 6.42 Å². The number of nitrogens with zero attached hydrogens (tertiary/aromatic N) is 1. The molecule has 0 aromatic carbocycles. The molecule has 0 heterocycles. The van der Waals surface area contributed by atoms with Gasteiger partial charge in [0.05, 0.1) is 19.2 Å². The Morgan fingerprint density at radius 2 is 2.06 bits per heavy atom. The van der Waals surface area contributed by atoms with Crippen LogP contribution in [0.3, 0.4) is 0 Å². The number of methoxy groups -OCH3 is 1. The molecule has 0 fully saturated rings. The molecule has 0 saturated heterocycles. The van der Waals surface area contributed by atoms with Crippen molar-refractivity contribution in [2.75, 3.05) is 26.8 Å². The zero-order valence-electron chi connectivity index (χ0n) is 10.2. The van der Waals surface area contributed by atoms with Gasteiger partial charge >= 0.3 is 0 Å². The number of alkyl halides is 2. The first kappa shape index (κ1) is 18.9. The summed E-state index contributed by atoms with van der Waals surface area (Å²) >= 11 is 0. The van der Waals surface area contributed by atoms with Crippen LogP contribution in [0.5, 0.6) is 0 Å². The number of carbonyl (C=O) groups excluding carboxylic acids is 1. The first-order valence-electron chi connectivity index (χ1n) is 5.34. The molecule has 1 amide bonds. The second kappa shape index (κ2) is 10.7. The lowest BCUT2D eigenvalue weighted by Gasteiger charge is -2.24. The van der Waals surface area contributed by atoms with Crippen LogP contribution >= 0.6 is 12.4 Å². The number of rotatable bonds is 8. The van der Waals surface area contributed by atoms with E-state index in [-0.39, 0.29) is 25.6 Å². The van der Waals surface area contributed by atoms with Gasteiger partial charge in [-0.3, -0.25) is 4.79 Å². The third-order valence-corrected chi connectivity index (χ3v) is 2.15. The molecule has 0 aromatic rings. The first-order valence-corrected chi connectivity index (χ1v) is 5.34. The van der Waals surface area contributed by atoms with Crippen molar-refractivity contribution in [3.63, 3.8) is 0 Å². The summed E-state index contributed by atoms with van der Waals surface area (Å²) in [4.78, 5) is 12.8. The molecule has 0 aliphatic heterocycles. The van der Waals surface area contributed by atoms with Crippen LogP contribution in [0.15, 0.2) is 0 Å². The van der Waals surface area contributed by atoms with Crippen LogP contribution in [0.4, 0.5) is 8.78 Å². The Hall–Kier alpha value is -0.460. The molecule has 1 atom stereocenters. The second-order valence-electron chi connectivity index (χ2n) is 3.56. The van der Waals surface area contributed by atoms with E-state index in [1.54, 1.807) is 0 Å². The fourth-order valence-corrected chi connectivity index (χ4v) is 1.33. The minimum absolute atomic E-state index is 0. The number of ether oxygens (including phenoxy) is 1. The van der Waals surface area contributed by atoms with Crippen LogP contribution in [0.1, 0.15) is 19.8 Å². The number of amides is 1. The van der Waals surface area contributed by atoms with Gasteiger partial charge in [0, 0.05) is 13.7 Å². The summed E-state index contributed by atoms with van der Waals surface area (Å²) in [7, 11) is 1.46. The molecule has 17 heavy (non-hydrogen) atoms. The van der Waals surface area contributed by atoms with E-state index in [1.807, 2.05) is 6.92 Å². The minimum atomic E-state index is -2.55. The van der Waals surface area contributed by atoms with Crippen molar-refractivity contribution in [2.45, 2.75) is 32.2 Å². The predicted molar refractivity (Wildman–Crippen MR) is 64.6 cm³/mol. The molecule has 0 spiro atoms. The number of nitrogens with two attached hydrogens (primary N) is 1. The third kappa shape index (κ3) is 8.29. The maximum absolute atomic E-state index is 12.2. The van der Waals surface area contributed by atoms with Gasteiger partial charge in [0.1, 0.15) is 0 Å². The smallest absolute Gasteiger partial charge is 0.255 e. The Labute approximate surface area is 107 Å². The zero-order valence-corrected chi connectivity index (χ0v) is 11.0. The highest BCUT2D eigenvalue weighted by Crippen LogP contribution is 2.04. The summed E-state index contributed by atoms with van der Waals surface area (Å²) in [5, 5.41) is 0. The maximum Gasteiger partial charge on any atom is 0.255 e. The predicted octanol–water partition coefficient (Wildman–Crippen LogP) is 1.28. The molecule has 0 aromatic heterocycles.